The lowest BCUT2D eigenvalue weighted by atomic mass is 10.00. The maximum Gasteiger partial charge on any atom is 0.159 e. The van der Waals surface area contributed by atoms with Gasteiger partial charge in [0.2, 0.25) is 0 Å². The second-order valence-electron chi connectivity index (χ2n) is 6.23. The lowest BCUT2D eigenvalue weighted by molar-refractivity contribution is 0.0793. The van der Waals surface area contributed by atoms with Crippen molar-refractivity contribution in [3.8, 4) is 0 Å². The van der Waals surface area contributed by atoms with Crippen LogP contribution in [0.3, 0.4) is 0 Å². The van der Waals surface area contributed by atoms with E-state index in [-0.39, 0.29) is 5.84 Å². The molecule has 1 aliphatic heterocycles. The van der Waals surface area contributed by atoms with Crippen LogP contribution >= 0.6 is 0 Å². The summed E-state index contributed by atoms with van der Waals surface area (Å²) in [6.07, 6.45) is 0. The van der Waals surface area contributed by atoms with Gasteiger partial charge in [0.15, 0.2) is 5.84 Å². The average molecular weight is 290 g/mol. The quantitative estimate of drug-likeness (QED) is 0.383. The van der Waals surface area contributed by atoms with E-state index in [1.807, 2.05) is 13.8 Å². The number of rotatable bonds is 4. The Labute approximate surface area is 127 Å². The SMILES string of the molecule is Cc1ccccc1CN1CCN(C(C)(C)C(N)=NO)CC1. The number of piperazine rings is 1. The zero-order chi connectivity index (χ0) is 15.5. The number of nitrogens with two attached hydrogens (primary N) is 1. The van der Waals surface area contributed by atoms with Gasteiger partial charge in [0.1, 0.15) is 0 Å². The standard InChI is InChI=1S/C16H26N4O/c1-13-6-4-5-7-14(13)12-19-8-10-20(11-9-19)16(2,3)15(17)18-21/h4-7,21H,8-12H2,1-3H3,(H2,17,18). The molecule has 0 aliphatic carbocycles. The molecule has 5 nitrogen and oxygen atoms in total. The van der Waals surface area contributed by atoms with Gasteiger partial charge in [-0.1, -0.05) is 29.4 Å². The van der Waals surface area contributed by atoms with Gasteiger partial charge in [-0.05, 0) is 31.9 Å². The Hall–Kier alpha value is -1.59. The molecule has 0 spiro atoms. The smallest absolute Gasteiger partial charge is 0.159 e. The minimum absolute atomic E-state index is 0.273. The molecule has 1 aromatic carbocycles. The van der Waals surface area contributed by atoms with E-state index < -0.39 is 5.54 Å². The van der Waals surface area contributed by atoms with E-state index >= 15 is 0 Å². The number of nitrogens with zero attached hydrogens (tertiary/aromatic N) is 3. The first kappa shape index (κ1) is 15.8. The molecule has 1 heterocycles. The van der Waals surface area contributed by atoms with E-state index in [0.29, 0.717) is 0 Å². The van der Waals surface area contributed by atoms with Crippen LogP contribution in [0.15, 0.2) is 29.4 Å². The van der Waals surface area contributed by atoms with Gasteiger partial charge in [-0.15, -0.1) is 0 Å². The monoisotopic (exact) mass is 290 g/mol. The molecular formula is C16H26N4O. The molecule has 0 saturated carbocycles. The molecule has 0 bridgehead atoms. The Balaban J connectivity index is 1.93. The van der Waals surface area contributed by atoms with Crippen LogP contribution in [0.4, 0.5) is 0 Å². The molecule has 2 rings (SSSR count). The number of oxime groups is 1. The van der Waals surface area contributed by atoms with Crippen LogP contribution in [-0.4, -0.2) is 52.6 Å². The molecule has 3 N–H and O–H groups in total. The Morgan fingerprint density at radius 2 is 1.86 bits per heavy atom. The highest BCUT2D eigenvalue weighted by molar-refractivity contribution is 5.88. The van der Waals surface area contributed by atoms with Crippen LogP contribution in [0.25, 0.3) is 0 Å². The van der Waals surface area contributed by atoms with Gasteiger partial charge in [-0.25, -0.2) is 0 Å². The number of hydrogen-bond acceptors (Lipinski definition) is 4. The molecule has 1 aromatic rings. The third-order valence-corrected chi connectivity index (χ3v) is 4.55. The van der Waals surface area contributed by atoms with Crippen molar-refractivity contribution < 1.29 is 5.21 Å². The topological polar surface area (TPSA) is 65.1 Å². The number of amidine groups is 1. The highest BCUT2D eigenvalue weighted by atomic mass is 16.4. The number of aryl methyl sites for hydroxylation is 1. The maximum absolute atomic E-state index is 8.90. The highest BCUT2D eigenvalue weighted by Gasteiger charge is 2.33. The average Bonchev–Trinajstić information content (AvgIpc) is 2.49. The predicted octanol–water partition coefficient (Wildman–Crippen LogP) is 1.64. The second-order valence-corrected chi connectivity index (χ2v) is 6.23. The summed E-state index contributed by atoms with van der Waals surface area (Å²) in [5.74, 6) is 0.273. The van der Waals surface area contributed by atoms with Gasteiger partial charge in [0, 0.05) is 32.7 Å². The molecule has 116 valence electrons. The maximum atomic E-state index is 8.90. The molecule has 0 unspecified atom stereocenters. The van der Waals surface area contributed by atoms with Crippen LogP contribution < -0.4 is 5.73 Å². The minimum atomic E-state index is -0.399. The fraction of sp³-hybridized carbons (Fsp3) is 0.562. The van der Waals surface area contributed by atoms with Crippen LogP contribution in [0.2, 0.25) is 0 Å². The van der Waals surface area contributed by atoms with E-state index in [4.69, 9.17) is 10.9 Å². The van der Waals surface area contributed by atoms with Crippen molar-refractivity contribution in [2.24, 2.45) is 10.9 Å². The Bertz CT molecular complexity index is 505. The first-order valence-electron chi connectivity index (χ1n) is 7.45. The summed E-state index contributed by atoms with van der Waals surface area (Å²) in [6, 6.07) is 8.53. The van der Waals surface area contributed by atoms with E-state index in [1.165, 1.54) is 11.1 Å². The summed E-state index contributed by atoms with van der Waals surface area (Å²) in [6.45, 7) is 11.0. The van der Waals surface area contributed by atoms with Crippen molar-refractivity contribution >= 4 is 5.84 Å². The van der Waals surface area contributed by atoms with Crippen molar-refractivity contribution in [2.45, 2.75) is 32.9 Å². The van der Waals surface area contributed by atoms with E-state index in [2.05, 4.69) is 46.1 Å². The number of hydrogen-bond donors (Lipinski definition) is 2. The van der Waals surface area contributed by atoms with Gasteiger partial charge in [-0.2, -0.15) is 0 Å². The normalized spacial score (nSPS) is 18.9. The van der Waals surface area contributed by atoms with Gasteiger partial charge in [0.25, 0.3) is 0 Å². The van der Waals surface area contributed by atoms with Crippen molar-refractivity contribution in [2.75, 3.05) is 26.2 Å². The minimum Gasteiger partial charge on any atom is -0.409 e. The zero-order valence-electron chi connectivity index (χ0n) is 13.2. The molecule has 5 heteroatoms. The van der Waals surface area contributed by atoms with Crippen molar-refractivity contribution in [3.63, 3.8) is 0 Å². The third kappa shape index (κ3) is 3.54. The molecule has 0 aromatic heterocycles. The Kier molecular flexibility index (Phi) is 4.85. The summed E-state index contributed by atoms with van der Waals surface area (Å²) < 4.78 is 0. The van der Waals surface area contributed by atoms with Crippen LogP contribution in [-0.2, 0) is 6.54 Å². The van der Waals surface area contributed by atoms with Gasteiger partial charge in [-0.3, -0.25) is 9.80 Å². The van der Waals surface area contributed by atoms with Gasteiger partial charge < -0.3 is 10.9 Å². The van der Waals surface area contributed by atoms with Crippen LogP contribution in [0, 0.1) is 6.92 Å². The van der Waals surface area contributed by atoms with Gasteiger partial charge in [0.05, 0.1) is 5.54 Å². The molecule has 21 heavy (non-hydrogen) atoms. The van der Waals surface area contributed by atoms with Crippen molar-refractivity contribution in [3.05, 3.63) is 35.4 Å². The molecule has 0 atom stereocenters. The molecule has 0 radical (unpaired) electrons. The van der Waals surface area contributed by atoms with Gasteiger partial charge >= 0.3 is 0 Å². The van der Waals surface area contributed by atoms with E-state index in [1.54, 1.807) is 0 Å². The molecule has 1 aliphatic rings. The lowest BCUT2D eigenvalue weighted by Crippen LogP contribution is -2.59. The largest absolute Gasteiger partial charge is 0.409 e. The third-order valence-electron chi connectivity index (χ3n) is 4.55. The van der Waals surface area contributed by atoms with Crippen LogP contribution in [0.1, 0.15) is 25.0 Å². The first-order valence-corrected chi connectivity index (χ1v) is 7.45. The van der Waals surface area contributed by atoms with E-state index in [9.17, 15) is 0 Å². The molecule has 1 fully saturated rings. The fourth-order valence-corrected chi connectivity index (χ4v) is 2.78. The molecular weight excluding hydrogens is 264 g/mol. The van der Waals surface area contributed by atoms with E-state index in [0.717, 1.165) is 32.7 Å². The second kappa shape index (κ2) is 6.45. The predicted molar refractivity (Wildman–Crippen MR) is 85.5 cm³/mol. The summed E-state index contributed by atoms with van der Waals surface area (Å²) in [5.41, 5.74) is 8.14. The van der Waals surface area contributed by atoms with Crippen LogP contribution in [0.5, 0.6) is 0 Å². The number of benzene rings is 1. The fourth-order valence-electron chi connectivity index (χ4n) is 2.78. The molecule has 0 amide bonds. The lowest BCUT2D eigenvalue weighted by Gasteiger charge is -2.43. The Morgan fingerprint density at radius 1 is 1.24 bits per heavy atom. The zero-order valence-corrected chi connectivity index (χ0v) is 13.2. The highest BCUT2D eigenvalue weighted by Crippen LogP contribution is 2.19. The molecule has 1 saturated heterocycles. The first-order chi connectivity index (χ1) is 9.95. The van der Waals surface area contributed by atoms with Crippen molar-refractivity contribution in [1.82, 2.24) is 9.80 Å². The summed E-state index contributed by atoms with van der Waals surface area (Å²) in [7, 11) is 0. The van der Waals surface area contributed by atoms with Crippen molar-refractivity contribution in [1.29, 1.82) is 0 Å². The summed E-state index contributed by atoms with van der Waals surface area (Å²) in [4.78, 5) is 4.73. The summed E-state index contributed by atoms with van der Waals surface area (Å²) >= 11 is 0. The Morgan fingerprint density at radius 3 is 2.43 bits per heavy atom. The summed E-state index contributed by atoms with van der Waals surface area (Å²) in [5, 5.41) is 12.1.